The van der Waals surface area contributed by atoms with Crippen molar-refractivity contribution in [2.75, 3.05) is 27.2 Å². The molecular formula is C24H37N3O2. The molecule has 1 spiro atoms. The molecule has 29 heavy (non-hydrogen) atoms. The fourth-order valence-electron chi connectivity index (χ4n) is 4.76. The van der Waals surface area contributed by atoms with Crippen molar-refractivity contribution < 1.29 is 9.53 Å². The summed E-state index contributed by atoms with van der Waals surface area (Å²) < 4.78 is 6.16. The van der Waals surface area contributed by atoms with Crippen LogP contribution in [0.5, 0.6) is 0 Å². The summed E-state index contributed by atoms with van der Waals surface area (Å²) in [5.41, 5.74) is 8.95. The van der Waals surface area contributed by atoms with Gasteiger partial charge in [0.1, 0.15) is 5.60 Å². The Labute approximate surface area is 175 Å². The Morgan fingerprint density at radius 3 is 2.55 bits per heavy atom. The first kappa shape index (κ1) is 22.0. The van der Waals surface area contributed by atoms with Gasteiger partial charge in [0.25, 0.3) is 5.91 Å². The highest BCUT2D eigenvalue weighted by Crippen LogP contribution is 2.49. The number of ether oxygens (including phenoxy) is 1. The normalized spacial score (nSPS) is 19.0. The van der Waals surface area contributed by atoms with E-state index in [2.05, 4.69) is 25.1 Å². The molecule has 1 amide bonds. The van der Waals surface area contributed by atoms with Crippen LogP contribution in [0.15, 0.2) is 18.2 Å². The third-order valence-corrected chi connectivity index (χ3v) is 6.66. The molecular weight excluding hydrogens is 362 g/mol. The molecule has 1 aromatic rings. The molecule has 2 aliphatic rings. The maximum atomic E-state index is 12.1. The van der Waals surface area contributed by atoms with E-state index in [9.17, 15) is 4.79 Å². The molecule has 3 rings (SSSR count). The lowest BCUT2D eigenvalue weighted by molar-refractivity contribution is -0.0274. The molecule has 1 fully saturated rings. The lowest BCUT2D eigenvalue weighted by atomic mass is 9.73. The fourth-order valence-corrected chi connectivity index (χ4v) is 4.76. The summed E-state index contributed by atoms with van der Waals surface area (Å²) in [4.78, 5) is 19.1. The highest BCUT2D eigenvalue weighted by molar-refractivity contribution is 5.97. The molecule has 5 nitrogen and oxygen atoms in total. The van der Waals surface area contributed by atoms with Crippen LogP contribution in [0.4, 0.5) is 0 Å². The van der Waals surface area contributed by atoms with Crippen LogP contribution in [-0.4, -0.2) is 43.0 Å². The van der Waals surface area contributed by atoms with Gasteiger partial charge in [0, 0.05) is 6.61 Å². The molecule has 1 saturated carbocycles. The van der Waals surface area contributed by atoms with E-state index in [0.717, 1.165) is 37.2 Å². The maximum Gasteiger partial charge on any atom is 0.250 e. The zero-order chi connectivity index (χ0) is 21.1. The van der Waals surface area contributed by atoms with Crippen molar-refractivity contribution in [2.24, 2.45) is 11.1 Å². The summed E-state index contributed by atoms with van der Waals surface area (Å²) in [6, 6.07) is 3.71. The van der Waals surface area contributed by atoms with Gasteiger partial charge in [-0.15, -0.1) is 0 Å². The number of allylic oxidation sites excluding steroid dienone is 2. The topological polar surface area (TPSA) is 68.5 Å². The standard InChI is InChI=1S/C24H37N3O2/c1-23(2,29-17-7-16-27(3)4)20-9-8-19(22(25)28)21(26-20)18-10-14-24(15-11-18)12-5-6-13-24/h8-10H,5-7,11-17H2,1-4H3,(H2,25,28). The molecule has 2 N–H and O–H groups in total. The van der Waals surface area contributed by atoms with Gasteiger partial charge >= 0.3 is 0 Å². The summed E-state index contributed by atoms with van der Waals surface area (Å²) in [6.07, 6.45) is 11.9. The lowest BCUT2D eigenvalue weighted by Crippen LogP contribution is -2.27. The first-order valence-electron chi connectivity index (χ1n) is 11.0. The Morgan fingerprint density at radius 1 is 1.24 bits per heavy atom. The zero-order valence-corrected chi connectivity index (χ0v) is 18.6. The maximum absolute atomic E-state index is 12.1. The average molecular weight is 400 g/mol. The Bertz CT molecular complexity index is 761. The Balaban J connectivity index is 1.81. The summed E-state index contributed by atoms with van der Waals surface area (Å²) in [6.45, 7) is 5.75. The molecule has 0 aliphatic heterocycles. The van der Waals surface area contributed by atoms with E-state index in [-0.39, 0.29) is 0 Å². The van der Waals surface area contributed by atoms with Gasteiger partial charge in [-0.3, -0.25) is 4.79 Å². The first-order valence-corrected chi connectivity index (χ1v) is 11.0. The summed E-state index contributed by atoms with van der Waals surface area (Å²) >= 11 is 0. The van der Waals surface area contributed by atoms with Crippen molar-refractivity contribution in [3.63, 3.8) is 0 Å². The minimum atomic E-state index is -0.515. The molecule has 0 radical (unpaired) electrons. The molecule has 1 aromatic heterocycles. The van der Waals surface area contributed by atoms with Gasteiger partial charge < -0.3 is 15.4 Å². The van der Waals surface area contributed by atoms with E-state index < -0.39 is 11.5 Å². The van der Waals surface area contributed by atoms with Crippen LogP contribution >= 0.6 is 0 Å². The van der Waals surface area contributed by atoms with Gasteiger partial charge in [-0.2, -0.15) is 0 Å². The highest BCUT2D eigenvalue weighted by atomic mass is 16.5. The van der Waals surface area contributed by atoms with E-state index in [1.165, 1.54) is 37.7 Å². The largest absolute Gasteiger partial charge is 0.369 e. The van der Waals surface area contributed by atoms with Crippen molar-refractivity contribution >= 4 is 11.5 Å². The van der Waals surface area contributed by atoms with Crippen LogP contribution in [0.25, 0.3) is 5.57 Å². The fraction of sp³-hybridized carbons (Fsp3) is 0.667. The molecule has 0 saturated heterocycles. The quantitative estimate of drug-likeness (QED) is 0.653. The van der Waals surface area contributed by atoms with E-state index in [1.54, 1.807) is 0 Å². The number of rotatable bonds is 8. The number of carbonyl (C=O) groups is 1. The summed E-state index contributed by atoms with van der Waals surface area (Å²) in [5, 5.41) is 0. The third-order valence-electron chi connectivity index (χ3n) is 6.66. The van der Waals surface area contributed by atoms with Crippen molar-refractivity contribution in [3.05, 3.63) is 35.2 Å². The highest BCUT2D eigenvalue weighted by Gasteiger charge is 2.36. The molecule has 160 valence electrons. The Morgan fingerprint density at radius 2 is 1.97 bits per heavy atom. The number of nitrogens with zero attached hydrogens (tertiary/aromatic N) is 2. The van der Waals surface area contributed by atoms with Gasteiger partial charge in [-0.25, -0.2) is 4.98 Å². The third kappa shape index (κ3) is 5.26. The molecule has 0 unspecified atom stereocenters. The van der Waals surface area contributed by atoms with Crippen molar-refractivity contribution in [2.45, 2.75) is 70.8 Å². The van der Waals surface area contributed by atoms with Gasteiger partial charge in [-0.1, -0.05) is 18.9 Å². The molecule has 2 aliphatic carbocycles. The zero-order valence-electron chi connectivity index (χ0n) is 18.6. The molecule has 0 bridgehead atoms. The first-order chi connectivity index (χ1) is 13.7. The van der Waals surface area contributed by atoms with Crippen molar-refractivity contribution in [1.82, 2.24) is 9.88 Å². The lowest BCUT2D eigenvalue weighted by Gasteiger charge is -2.33. The van der Waals surface area contributed by atoms with Crippen LogP contribution in [-0.2, 0) is 10.3 Å². The Hall–Kier alpha value is -1.72. The number of hydrogen-bond acceptors (Lipinski definition) is 4. The second kappa shape index (κ2) is 8.97. The van der Waals surface area contributed by atoms with Crippen molar-refractivity contribution in [3.8, 4) is 0 Å². The average Bonchev–Trinajstić information content (AvgIpc) is 3.13. The number of carbonyl (C=O) groups excluding carboxylic acids is 1. The number of pyridine rings is 1. The number of primary amides is 1. The van der Waals surface area contributed by atoms with E-state index in [0.29, 0.717) is 17.6 Å². The van der Waals surface area contributed by atoms with E-state index in [4.69, 9.17) is 15.5 Å². The number of aromatic nitrogens is 1. The second-order valence-corrected chi connectivity index (χ2v) is 9.61. The molecule has 0 atom stereocenters. The van der Waals surface area contributed by atoms with E-state index >= 15 is 0 Å². The van der Waals surface area contributed by atoms with Crippen LogP contribution < -0.4 is 5.73 Å². The number of amides is 1. The van der Waals surface area contributed by atoms with Crippen LogP contribution in [0.1, 0.15) is 87.0 Å². The number of hydrogen-bond donors (Lipinski definition) is 1. The monoisotopic (exact) mass is 399 g/mol. The van der Waals surface area contributed by atoms with Gasteiger partial charge in [0.15, 0.2) is 0 Å². The van der Waals surface area contributed by atoms with Gasteiger partial charge in [0.05, 0.1) is 17.0 Å². The predicted octanol–water partition coefficient (Wildman–Crippen LogP) is 4.51. The van der Waals surface area contributed by atoms with Crippen molar-refractivity contribution in [1.29, 1.82) is 0 Å². The second-order valence-electron chi connectivity index (χ2n) is 9.61. The summed E-state index contributed by atoms with van der Waals surface area (Å²) in [5.74, 6) is -0.411. The smallest absolute Gasteiger partial charge is 0.250 e. The molecule has 1 heterocycles. The van der Waals surface area contributed by atoms with Gasteiger partial charge in [0.2, 0.25) is 0 Å². The number of nitrogens with two attached hydrogens (primary N) is 1. The van der Waals surface area contributed by atoms with E-state index in [1.807, 2.05) is 26.0 Å². The predicted molar refractivity (Wildman–Crippen MR) is 118 cm³/mol. The molecule has 5 heteroatoms. The minimum absolute atomic E-state index is 0.411. The van der Waals surface area contributed by atoms with Crippen LogP contribution in [0, 0.1) is 5.41 Å². The minimum Gasteiger partial charge on any atom is -0.369 e. The van der Waals surface area contributed by atoms with Crippen LogP contribution in [0.2, 0.25) is 0 Å². The van der Waals surface area contributed by atoms with Gasteiger partial charge in [-0.05, 0) is 96.1 Å². The summed E-state index contributed by atoms with van der Waals surface area (Å²) in [7, 11) is 4.13. The SMILES string of the molecule is CN(C)CCCOC(C)(C)c1ccc(C(N)=O)c(C2=CCC3(CCCC3)CC2)n1. The Kier molecular flexibility index (Phi) is 6.79. The van der Waals surface area contributed by atoms with Crippen LogP contribution in [0.3, 0.4) is 0 Å². The molecule has 0 aromatic carbocycles.